The van der Waals surface area contributed by atoms with Crippen LogP contribution in [0, 0.1) is 10.6 Å². The molecule has 1 fully saturated rings. The largest absolute Gasteiger partial charge is 0.353 e. The number of halogens is 1. The number of H-pyrrole nitrogens is 1. The van der Waals surface area contributed by atoms with Crippen molar-refractivity contribution in [1.82, 2.24) is 24.0 Å². The van der Waals surface area contributed by atoms with E-state index in [1.165, 1.54) is 17.6 Å². The molecule has 6 rings (SSSR count). The van der Waals surface area contributed by atoms with Gasteiger partial charge in [-0.3, -0.25) is 0 Å². The first kappa shape index (κ1) is 22.9. The first-order chi connectivity index (χ1) is 17.6. The van der Waals surface area contributed by atoms with Crippen LogP contribution in [0.2, 0.25) is 0 Å². The van der Waals surface area contributed by atoms with Crippen molar-refractivity contribution >= 4 is 40.2 Å². The third kappa shape index (κ3) is 4.66. The van der Waals surface area contributed by atoms with Crippen LogP contribution >= 0.6 is 12.2 Å². The fourth-order valence-electron chi connectivity index (χ4n) is 5.17. The molecule has 1 aliphatic rings. The molecule has 1 aliphatic heterocycles. The Hall–Kier alpha value is -3.49. The molecule has 36 heavy (non-hydrogen) atoms. The molecule has 0 radical (unpaired) electrons. The van der Waals surface area contributed by atoms with Gasteiger partial charge in [0, 0.05) is 32.2 Å². The average Bonchev–Trinajstić information content (AvgIpc) is 3.41. The van der Waals surface area contributed by atoms with E-state index in [9.17, 15) is 4.39 Å². The molecule has 0 spiro atoms. The van der Waals surface area contributed by atoms with Crippen molar-refractivity contribution in [3.8, 4) is 0 Å². The molecule has 0 bridgehead atoms. The molecule has 3 aromatic carbocycles. The van der Waals surface area contributed by atoms with Crippen molar-refractivity contribution in [2.75, 3.05) is 25.0 Å². The molecular formula is C28H29FN6S. The first-order valence-corrected chi connectivity index (χ1v) is 12.9. The molecule has 0 aliphatic carbocycles. The number of para-hydroxylation sites is 4. The monoisotopic (exact) mass is 500 g/mol. The topological polar surface area (TPSA) is 53.8 Å². The molecule has 0 unspecified atom stereocenters. The van der Waals surface area contributed by atoms with Crippen LogP contribution in [-0.4, -0.2) is 49.7 Å². The summed E-state index contributed by atoms with van der Waals surface area (Å²) in [5, 5.41) is 3.72. The number of benzene rings is 3. The lowest BCUT2D eigenvalue weighted by Gasteiger charge is -2.32. The molecule has 1 saturated heterocycles. The standard InChI is InChI=1S/C28H29FN6S/c29-21-11-9-20(10-12-21)19-35-26-8-4-1-5-23(26)31-27(35)30-22-13-15-33(16-14-22)17-18-34-25-7-3-2-6-24(25)32-28(34)36/h1-12,22H,13-19H2,(H,30,31)(H,32,36). The molecule has 0 atom stereocenters. The Morgan fingerprint density at radius 2 is 1.61 bits per heavy atom. The van der Waals surface area contributed by atoms with Crippen molar-refractivity contribution in [3.63, 3.8) is 0 Å². The molecule has 184 valence electrons. The summed E-state index contributed by atoms with van der Waals surface area (Å²) >= 11 is 5.56. The minimum absolute atomic E-state index is 0.216. The molecular weight excluding hydrogens is 471 g/mol. The maximum absolute atomic E-state index is 13.4. The third-order valence-electron chi connectivity index (χ3n) is 7.15. The second-order valence-electron chi connectivity index (χ2n) is 9.50. The molecule has 6 nitrogen and oxygen atoms in total. The molecule has 5 aromatic rings. The van der Waals surface area contributed by atoms with E-state index in [0.717, 1.165) is 71.9 Å². The second kappa shape index (κ2) is 9.87. The van der Waals surface area contributed by atoms with Crippen LogP contribution in [0.1, 0.15) is 18.4 Å². The summed E-state index contributed by atoms with van der Waals surface area (Å²) in [5.41, 5.74) is 5.36. The van der Waals surface area contributed by atoms with E-state index < -0.39 is 0 Å². The van der Waals surface area contributed by atoms with E-state index in [1.54, 1.807) is 0 Å². The Morgan fingerprint density at radius 3 is 2.42 bits per heavy atom. The molecule has 8 heteroatoms. The number of fused-ring (bicyclic) bond motifs is 2. The second-order valence-corrected chi connectivity index (χ2v) is 9.88. The van der Waals surface area contributed by atoms with Crippen molar-refractivity contribution in [3.05, 3.63) is 88.9 Å². The van der Waals surface area contributed by atoms with Gasteiger partial charge in [-0.05, 0) is 67.0 Å². The lowest BCUT2D eigenvalue weighted by atomic mass is 10.1. The SMILES string of the molecule is Fc1ccc(Cn2c(NC3CCN(CCn4c(=S)[nH]c5ccccc54)CC3)nc3ccccc32)cc1. The Bertz CT molecular complexity index is 1540. The number of aromatic amines is 1. The van der Waals surface area contributed by atoms with Crippen LogP contribution in [0.25, 0.3) is 22.1 Å². The number of hydrogen-bond acceptors (Lipinski definition) is 4. The zero-order valence-electron chi connectivity index (χ0n) is 20.0. The first-order valence-electron chi connectivity index (χ1n) is 12.5. The average molecular weight is 501 g/mol. The van der Waals surface area contributed by atoms with Gasteiger partial charge in [0.2, 0.25) is 5.95 Å². The minimum Gasteiger partial charge on any atom is -0.353 e. The zero-order valence-corrected chi connectivity index (χ0v) is 20.8. The van der Waals surface area contributed by atoms with Gasteiger partial charge in [-0.15, -0.1) is 0 Å². The highest BCUT2D eigenvalue weighted by Crippen LogP contribution is 2.24. The predicted octanol–water partition coefficient (Wildman–Crippen LogP) is 5.81. The number of likely N-dealkylation sites (tertiary alicyclic amines) is 1. The van der Waals surface area contributed by atoms with Gasteiger partial charge in [0.1, 0.15) is 5.82 Å². The van der Waals surface area contributed by atoms with Gasteiger partial charge >= 0.3 is 0 Å². The van der Waals surface area contributed by atoms with Gasteiger partial charge in [-0.1, -0.05) is 36.4 Å². The molecule has 2 aromatic heterocycles. The smallest absolute Gasteiger partial charge is 0.204 e. The van der Waals surface area contributed by atoms with Crippen molar-refractivity contribution in [1.29, 1.82) is 0 Å². The normalized spacial score (nSPS) is 15.1. The Morgan fingerprint density at radius 1 is 0.889 bits per heavy atom. The highest BCUT2D eigenvalue weighted by atomic mass is 32.1. The summed E-state index contributed by atoms with van der Waals surface area (Å²) in [6.07, 6.45) is 2.11. The van der Waals surface area contributed by atoms with E-state index in [4.69, 9.17) is 17.2 Å². The van der Waals surface area contributed by atoms with Crippen LogP contribution in [0.4, 0.5) is 10.3 Å². The van der Waals surface area contributed by atoms with Crippen LogP contribution in [0.15, 0.2) is 72.8 Å². The number of anilines is 1. The summed E-state index contributed by atoms with van der Waals surface area (Å²) < 4.78 is 18.6. The van der Waals surface area contributed by atoms with Gasteiger partial charge in [0.05, 0.1) is 28.6 Å². The van der Waals surface area contributed by atoms with E-state index >= 15 is 0 Å². The number of nitrogens with one attached hydrogen (secondary N) is 2. The van der Waals surface area contributed by atoms with Crippen LogP contribution in [0.3, 0.4) is 0 Å². The molecule has 2 N–H and O–H groups in total. The minimum atomic E-state index is -0.216. The lowest BCUT2D eigenvalue weighted by Crippen LogP contribution is -2.40. The number of piperidine rings is 1. The quantitative estimate of drug-likeness (QED) is 0.277. The fourth-order valence-corrected chi connectivity index (χ4v) is 5.47. The predicted molar refractivity (Wildman–Crippen MR) is 145 cm³/mol. The molecule has 3 heterocycles. The Labute approximate surface area is 214 Å². The number of imidazole rings is 2. The summed E-state index contributed by atoms with van der Waals surface area (Å²) in [7, 11) is 0. The van der Waals surface area contributed by atoms with Gasteiger partial charge in [-0.25, -0.2) is 9.37 Å². The van der Waals surface area contributed by atoms with Crippen molar-refractivity contribution in [2.45, 2.75) is 32.0 Å². The van der Waals surface area contributed by atoms with E-state index in [2.05, 4.69) is 48.6 Å². The van der Waals surface area contributed by atoms with Gasteiger partial charge in [-0.2, -0.15) is 0 Å². The third-order valence-corrected chi connectivity index (χ3v) is 7.47. The van der Waals surface area contributed by atoms with E-state index in [1.807, 2.05) is 36.4 Å². The fraction of sp³-hybridized carbons (Fsp3) is 0.286. The number of aromatic nitrogens is 4. The number of hydrogen-bond donors (Lipinski definition) is 2. The maximum Gasteiger partial charge on any atom is 0.204 e. The van der Waals surface area contributed by atoms with Crippen LogP contribution in [0.5, 0.6) is 0 Å². The van der Waals surface area contributed by atoms with Gasteiger partial charge in [0.25, 0.3) is 0 Å². The van der Waals surface area contributed by atoms with Crippen molar-refractivity contribution < 1.29 is 4.39 Å². The van der Waals surface area contributed by atoms with E-state index in [-0.39, 0.29) is 5.82 Å². The summed E-state index contributed by atoms with van der Waals surface area (Å²) in [5.74, 6) is 0.662. The highest BCUT2D eigenvalue weighted by molar-refractivity contribution is 7.71. The van der Waals surface area contributed by atoms with Crippen LogP contribution in [-0.2, 0) is 13.1 Å². The lowest BCUT2D eigenvalue weighted by molar-refractivity contribution is 0.212. The molecule has 0 saturated carbocycles. The highest BCUT2D eigenvalue weighted by Gasteiger charge is 2.21. The number of rotatable bonds is 7. The van der Waals surface area contributed by atoms with Crippen molar-refractivity contribution in [2.24, 2.45) is 0 Å². The summed E-state index contributed by atoms with van der Waals surface area (Å²) in [6.45, 7) is 4.57. The van der Waals surface area contributed by atoms with Gasteiger partial charge < -0.3 is 24.3 Å². The summed E-state index contributed by atoms with van der Waals surface area (Å²) in [6, 6.07) is 23.5. The maximum atomic E-state index is 13.4. The Kier molecular flexibility index (Phi) is 6.29. The van der Waals surface area contributed by atoms with Gasteiger partial charge in [0.15, 0.2) is 4.77 Å². The Balaban J connectivity index is 1.12. The number of nitrogens with zero attached hydrogens (tertiary/aromatic N) is 4. The summed E-state index contributed by atoms with van der Waals surface area (Å²) in [4.78, 5) is 10.7. The zero-order chi connectivity index (χ0) is 24.5. The van der Waals surface area contributed by atoms with Crippen LogP contribution < -0.4 is 5.32 Å². The van der Waals surface area contributed by atoms with E-state index in [0.29, 0.717) is 12.6 Å². The molecule has 0 amide bonds.